The Morgan fingerprint density at radius 1 is 1.18 bits per heavy atom. The molecule has 7 heteroatoms. The predicted octanol–water partition coefficient (Wildman–Crippen LogP) is 3.75. The van der Waals surface area contributed by atoms with Gasteiger partial charge in [0.05, 0.1) is 11.8 Å². The first kappa shape index (κ1) is 17.9. The van der Waals surface area contributed by atoms with Gasteiger partial charge in [-0.25, -0.2) is 4.39 Å². The molecule has 0 aliphatic rings. The summed E-state index contributed by atoms with van der Waals surface area (Å²) in [6, 6.07) is 4.06. The third-order valence-corrected chi connectivity index (χ3v) is 2.83. The van der Waals surface area contributed by atoms with Crippen LogP contribution < -0.4 is 5.56 Å². The molecule has 0 aliphatic heterocycles. The van der Waals surface area contributed by atoms with Crippen LogP contribution in [0.25, 0.3) is 0 Å². The normalized spacial score (nSPS) is 11.1. The summed E-state index contributed by atoms with van der Waals surface area (Å²) >= 11 is 0. The van der Waals surface area contributed by atoms with Crippen molar-refractivity contribution in [2.24, 2.45) is 7.05 Å². The van der Waals surface area contributed by atoms with E-state index in [9.17, 15) is 22.4 Å². The van der Waals surface area contributed by atoms with Crippen LogP contribution in [0.2, 0.25) is 0 Å². The molecule has 0 bridgehead atoms. The summed E-state index contributed by atoms with van der Waals surface area (Å²) in [4.78, 5) is 14.2. The fraction of sp³-hybridized carbons (Fsp3) is 0.333. The average molecular weight is 316 g/mol. The molecule has 0 aromatic carbocycles. The maximum absolute atomic E-state index is 12.1. The molecule has 0 atom stereocenters. The van der Waals surface area contributed by atoms with Crippen molar-refractivity contribution in [3.05, 3.63) is 64.1 Å². The lowest BCUT2D eigenvalue weighted by molar-refractivity contribution is -0.138. The monoisotopic (exact) mass is 316 g/mol. The van der Waals surface area contributed by atoms with E-state index in [1.165, 1.54) is 0 Å². The zero-order valence-corrected chi connectivity index (χ0v) is 12.4. The third kappa shape index (κ3) is 5.31. The van der Waals surface area contributed by atoms with Crippen molar-refractivity contribution in [3.63, 3.8) is 0 Å². The number of alkyl halides is 3. The number of halogens is 4. The molecule has 0 fully saturated rings. The summed E-state index contributed by atoms with van der Waals surface area (Å²) in [6.07, 6.45) is -1.43. The Morgan fingerprint density at radius 3 is 2.23 bits per heavy atom. The van der Waals surface area contributed by atoms with Crippen LogP contribution in [0.3, 0.4) is 0 Å². The van der Waals surface area contributed by atoms with Gasteiger partial charge in [-0.2, -0.15) is 13.2 Å². The molecule has 3 nitrogen and oxygen atoms in total. The van der Waals surface area contributed by atoms with E-state index in [2.05, 4.69) is 18.8 Å². The summed E-state index contributed by atoms with van der Waals surface area (Å²) in [5, 5.41) is 0. The lowest BCUT2D eigenvalue weighted by atomic mass is 10.1. The van der Waals surface area contributed by atoms with Crippen molar-refractivity contribution in [3.8, 4) is 0 Å². The van der Waals surface area contributed by atoms with Crippen molar-refractivity contribution in [2.75, 3.05) is 0 Å². The predicted molar refractivity (Wildman–Crippen MR) is 75.0 cm³/mol. The van der Waals surface area contributed by atoms with Gasteiger partial charge < -0.3 is 4.57 Å². The van der Waals surface area contributed by atoms with E-state index >= 15 is 0 Å². The standard InChI is InChI=1S/C9H13NO.C6H3F4N/c1-7(2)8-4-5-10(3)9(11)6-8;7-5-1-4(2-11-3-5)6(8,9)10/h4-7H,1-3H3;1-3H. The Morgan fingerprint density at radius 2 is 1.82 bits per heavy atom. The molecule has 120 valence electrons. The van der Waals surface area contributed by atoms with Gasteiger partial charge in [0, 0.05) is 25.5 Å². The first-order valence-electron chi connectivity index (χ1n) is 6.45. The van der Waals surface area contributed by atoms with Crippen LogP contribution in [0, 0.1) is 5.82 Å². The molecule has 0 unspecified atom stereocenters. The third-order valence-electron chi connectivity index (χ3n) is 2.83. The number of nitrogens with zero attached hydrogens (tertiary/aromatic N) is 2. The lowest BCUT2D eigenvalue weighted by Gasteiger charge is -2.04. The molecule has 0 amide bonds. The van der Waals surface area contributed by atoms with E-state index in [4.69, 9.17) is 0 Å². The van der Waals surface area contributed by atoms with Gasteiger partial charge in [0.2, 0.25) is 0 Å². The van der Waals surface area contributed by atoms with Crippen LogP contribution in [0.15, 0.2) is 41.6 Å². The first-order valence-corrected chi connectivity index (χ1v) is 6.45. The van der Waals surface area contributed by atoms with Crippen LogP contribution in [0.5, 0.6) is 0 Å². The smallest absolute Gasteiger partial charge is 0.319 e. The van der Waals surface area contributed by atoms with Crippen LogP contribution in [-0.2, 0) is 13.2 Å². The molecule has 0 spiro atoms. The summed E-state index contributed by atoms with van der Waals surface area (Å²) in [7, 11) is 1.76. The Bertz CT molecular complexity index is 678. The topological polar surface area (TPSA) is 34.9 Å². The molecule has 0 aliphatic carbocycles. The molecular weight excluding hydrogens is 300 g/mol. The van der Waals surface area contributed by atoms with Gasteiger partial charge in [-0.15, -0.1) is 0 Å². The molecule has 22 heavy (non-hydrogen) atoms. The second kappa shape index (κ2) is 7.20. The fourth-order valence-corrected chi connectivity index (χ4v) is 1.49. The average Bonchev–Trinajstić information content (AvgIpc) is 2.41. The van der Waals surface area contributed by atoms with Crippen LogP contribution in [-0.4, -0.2) is 9.55 Å². The number of rotatable bonds is 1. The largest absolute Gasteiger partial charge is 0.417 e. The molecule has 2 rings (SSSR count). The minimum atomic E-state index is -4.52. The molecule has 2 heterocycles. The lowest BCUT2D eigenvalue weighted by Crippen LogP contribution is -2.15. The minimum absolute atomic E-state index is 0.0659. The number of aryl methyl sites for hydroxylation is 1. The zero-order chi connectivity index (χ0) is 16.9. The van der Waals surface area contributed by atoms with E-state index < -0.39 is 17.6 Å². The highest BCUT2D eigenvalue weighted by Crippen LogP contribution is 2.28. The van der Waals surface area contributed by atoms with Gasteiger partial charge in [-0.1, -0.05) is 13.8 Å². The first-order chi connectivity index (χ1) is 10.1. The second-order valence-corrected chi connectivity index (χ2v) is 4.95. The molecule has 0 saturated carbocycles. The Labute approximate surface area is 125 Å². The summed E-state index contributed by atoms with van der Waals surface area (Å²) in [5.74, 6) is -0.552. The van der Waals surface area contributed by atoms with Crippen LogP contribution in [0.4, 0.5) is 17.6 Å². The van der Waals surface area contributed by atoms with E-state index in [0.717, 1.165) is 11.8 Å². The van der Waals surface area contributed by atoms with Gasteiger partial charge in [0.25, 0.3) is 5.56 Å². The van der Waals surface area contributed by atoms with Gasteiger partial charge >= 0.3 is 6.18 Å². The number of hydrogen-bond acceptors (Lipinski definition) is 2. The van der Waals surface area contributed by atoms with Crippen molar-refractivity contribution in [1.29, 1.82) is 0 Å². The summed E-state index contributed by atoms with van der Waals surface area (Å²) < 4.78 is 49.0. The highest BCUT2D eigenvalue weighted by molar-refractivity contribution is 5.14. The summed E-state index contributed by atoms with van der Waals surface area (Å²) in [6.45, 7) is 4.16. The van der Waals surface area contributed by atoms with Gasteiger partial charge in [-0.3, -0.25) is 9.78 Å². The van der Waals surface area contributed by atoms with Crippen molar-refractivity contribution >= 4 is 0 Å². The van der Waals surface area contributed by atoms with E-state index in [-0.39, 0.29) is 5.56 Å². The number of hydrogen-bond donors (Lipinski definition) is 0. The Kier molecular flexibility index (Phi) is 5.84. The highest BCUT2D eigenvalue weighted by Gasteiger charge is 2.31. The number of pyridine rings is 2. The van der Waals surface area contributed by atoms with Crippen molar-refractivity contribution in [1.82, 2.24) is 9.55 Å². The Hall–Kier alpha value is -2.18. The quantitative estimate of drug-likeness (QED) is 0.751. The van der Waals surface area contributed by atoms with Crippen LogP contribution in [0.1, 0.15) is 30.9 Å². The van der Waals surface area contributed by atoms with Crippen molar-refractivity contribution < 1.29 is 17.6 Å². The van der Waals surface area contributed by atoms with Gasteiger partial charge in [-0.05, 0) is 23.6 Å². The fourth-order valence-electron chi connectivity index (χ4n) is 1.49. The molecule has 2 aromatic rings. The molecule has 0 radical (unpaired) electrons. The van der Waals surface area contributed by atoms with E-state index in [0.29, 0.717) is 18.2 Å². The maximum Gasteiger partial charge on any atom is 0.417 e. The SMILES string of the molecule is CC(C)c1ccn(C)c(=O)c1.Fc1cncc(C(F)(F)F)c1. The molecule has 0 N–H and O–H groups in total. The zero-order valence-electron chi connectivity index (χ0n) is 12.4. The van der Waals surface area contributed by atoms with E-state index in [1.807, 2.05) is 6.07 Å². The highest BCUT2D eigenvalue weighted by atomic mass is 19.4. The minimum Gasteiger partial charge on any atom is -0.319 e. The van der Waals surface area contributed by atoms with Crippen LogP contribution >= 0.6 is 0 Å². The second-order valence-electron chi connectivity index (χ2n) is 4.95. The maximum atomic E-state index is 12.1. The Balaban J connectivity index is 0.000000220. The van der Waals surface area contributed by atoms with E-state index in [1.54, 1.807) is 23.9 Å². The van der Waals surface area contributed by atoms with Gasteiger partial charge in [0.15, 0.2) is 0 Å². The van der Waals surface area contributed by atoms with Crippen molar-refractivity contribution in [2.45, 2.75) is 25.9 Å². The number of aromatic nitrogens is 2. The summed E-state index contributed by atoms with van der Waals surface area (Å²) in [5.41, 5.74) is 0.0989. The molecule has 0 saturated heterocycles. The molecular formula is C15H16F4N2O. The van der Waals surface area contributed by atoms with Gasteiger partial charge in [0.1, 0.15) is 5.82 Å². The molecule has 2 aromatic heterocycles.